The summed E-state index contributed by atoms with van der Waals surface area (Å²) < 4.78 is 35.8. The Labute approximate surface area is 83.1 Å². The third-order valence-electron chi connectivity index (χ3n) is 1.88. The lowest BCUT2D eigenvalue weighted by Gasteiger charge is -2.18. The number of alkyl halides is 3. The summed E-state index contributed by atoms with van der Waals surface area (Å²) in [5, 5.41) is 8.38. The lowest BCUT2D eigenvalue weighted by Crippen LogP contribution is -2.39. The number of carbonyl (C=O) groups excluding carboxylic acids is 1. The standard InChI is InChI=1S/C7H9F3N2O3/c8-7(9,10)4-12-2-1-11(6(12)15)3-5(13)14/h1-4H2,(H,13,14). The van der Waals surface area contributed by atoms with Crippen molar-refractivity contribution in [3.05, 3.63) is 0 Å². The van der Waals surface area contributed by atoms with Crippen LogP contribution in [0.25, 0.3) is 0 Å². The second kappa shape index (κ2) is 3.95. The van der Waals surface area contributed by atoms with Crippen LogP contribution in [0.2, 0.25) is 0 Å². The molecule has 0 spiro atoms. The van der Waals surface area contributed by atoms with E-state index >= 15 is 0 Å². The summed E-state index contributed by atoms with van der Waals surface area (Å²) in [5.41, 5.74) is 0. The molecule has 0 atom stereocenters. The van der Waals surface area contributed by atoms with Gasteiger partial charge in [0.1, 0.15) is 13.1 Å². The average Bonchev–Trinajstić information content (AvgIpc) is 2.32. The fourth-order valence-corrected chi connectivity index (χ4v) is 1.31. The number of carboxylic acids is 1. The van der Waals surface area contributed by atoms with E-state index in [1.807, 2.05) is 0 Å². The Morgan fingerprint density at radius 1 is 1.33 bits per heavy atom. The third-order valence-corrected chi connectivity index (χ3v) is 1.88. The van der Waals surface area contributed by atoms with Gasteiger partial charge in [0.15, 0.2) is 0 Å². The van der Waals surface area contributed by atoms with Gasteiger partial charge in [-0.3, -0.25) is 4.79 Å². The molecule has 1 saturated heterocycles. The first-order chi connectivity index (χ1) is 6.79. The highest BCUT2D eigenvalue weighted by molar-refractivity contribution is 5.81. The summed E-state index contributed by atoms with van der Waals surface area (Å²) in [7, 11) is 0. The van der Waals surface area contributed by atoms with Crippen molar-refractivity contribution in [3.63, 3.8) is 0 Å². The molecule has 1 aliphatic rings. The molecule has 5 nitrogen and oxygen atoms in total. The minimum atomic E-state index is -4.45. The number of carbonyl (C=O) groups is 2. The van der Waals surface area contributed by atoms with Crippen molar-refractivity contribution in [2.75, 3.05) is 26.2 Å². The Morgan fingerprint density at radius 2 is 1.87 bits per heavy atom. The van der Waals surface area contributed by atoms with Crippen LogP contribution in [-0.2, 0) is 4.79 Å². The second-order valence-electron chi connectivity index (χ2n) is 3.13. The van der Waals surface area contributed by atoms with E-state index in [-0.39, 0.29) is 13.1 Å². The highest BCUT2D eigenvalue weighted by atomic mass is 19.4. The number of amides is 2. The summed E-state index contributed by atoms with van der Waals surface area (Å²) in [4.78, 5) is 22.9. The van der Waals surface area contributed by atoms with Crippen LogP contribution < -0.4 is 0 Å². The number of rotatable bonds is 3. The highest BCUT2D eigenvalue weighted by Gasteiger charge is 2.38. The van der Waals surface area contributed by atoms with Gasteiger partial charge in [0.05, 0.1) is 0 Å². The van der Waals surface area contributed by atoms with Gasteiger partial charge in [-0.25, -0.2) is 4.79 Å². The van der Waals surface area contributed by atoms with Crippen molar-refractivity contribution in [1.29, 1.82) is 0 Å². The minimum absolute atomic E-state index is 0.0151. The van der Waals surface area contributed by atoms with Crippen molar-refractivity contribution < 1.29 is 27.9 Å². The second-order valence-corrected chi connectivity index (χ2v) is 3.13. The number of halogens is 3. The molecule has 0 saturated carbocycles. The quantitative estimate of drug-likeness (QED) is 0.756. The summed E-state index contributed by atoms with van der Waals surface area (Å²) >= 11 is 0. The fourth-order valence-electron chi connectivity index (χ4n) is 1.31. The molecule has 8 heteroatoms. The molecule has 15 heavy (non-hydrogen) atoms. The van der Waals surface area contributed by atoms with E-state index in [1.165, 1.54) is 0 Å². The molecular weight excluding hydrogens is 217 g/mol. The van der Waals surface area contributed by atoms with Gasteiger partial charge < -0.3 is 14.9 Å². The summed E-state index contributed by atoms with van der Waals surface area (Å²) in [6.45, 7) is -1.97. The Balaban J connectivity index is 2.53. The van der Waals surface area contributed by atoms with Gasteiger partial charge in [-0.1, -0.05) is 0 Å². The van der Waals surface area contributed by atoms with Crippen LogP contribution in [0.1, 0.15) is 0 Å². The zero-order valence-corrected chi connectivity index (χ0v) is 7.62. The van der Waals surface area contributed by atoms with Gasteiger partial charge in [-0.05, 0) is 0 Å². The first kappa shape index (κ1) is 11.6. The van der Waals surface area contributed by atoms with Crippen LogP contribution in [0, 0.1) is 0 Å². The Morgan fingerprint density at radius 3 is 2.33 bits per heavy atom. The molecule has 0 bridgehead atoms. The molecule has 86 valence electrons. The van der Waals surface area contributed by atoms with Gasteiger partial charge in [0, 0.05) is 13.1 Å². The lowest BCUT2D eigenvalue weighted by molar-refractivity contribution is -0.138. The molecule has 0 aromatic rings. The predicted molar refractivity (Wildman–Crippen MR) is 42.2 cm³/mol. The molecule has 0 radical (unpaired) electrons. The SMILES string of the molecule is O=C(O)CN1CCN(CC(F)(F)F)C1=O. The average molecular weight is 226 g/mol. The Kier molecular flexibility index (Phi) is 3.06. The number of urea groups is 1. The molecule has 1 aliphatic heterocycles. The highest BCUT2D eigenvalue weighted by Crippen LogP contribution is 2.19. The van der Waals surface area contributed by atoms with Gasteiger partial charge in [-0.15, -0.1) is 0 Å². The molecule has 1 fully saturated rings. The van der Waals surface area contributed by atoms with Gasteiger partial charge in [0.2, 0.25) is 0 Å². The summed E-state index contributed by atoms with van der Waals surface area (Å²) in [6, 6.07) is -0.880. The van der Waals surface area contributed by atoms with Crippen LogP contribution in [0.15, 0.2) is 0 Å². The first-order valence-electron chi connectivity index (χ1n) is 4.12. The van der Waals surface area contributed by atoms with E-state index in [1.54, 1.807) is 0 Å². The molecule has 0 aromatic heterocycles. The van der Waals surface area contributed by atoms with Crippen molar-refractivity contribution in [2.24, 2.45) is 0 Å². The van der Waals surface area contributed by atoms with E-state index in [0.717, 1.165) is 4.90 Å². The zero-order valence-electron chi connectivity index (χ0n) is 7.62. The Bertz CT molecular complexity index is 279. The van der Waals surface area contributed by atoms with E-state index < -0.39 is 31.3 Å². The molecule has 1 N–H and O–H groups in total. The van der Waals surface area contributed by atoms with Crippen molar-refractivity contribution >= 4 is 12.0 Å². The van der Waals surface area contributed by atoms with Crippen molar-refractivity contribution in [3.8, 4) is 0 Å². The van der Waals surface area contributed by atoms with E-state index in [2.05, 4.69) is 0 Å². The van der Waals surface area contributed by atoms with Crippen molar-refractivity contribution in [1.82, 2.24) is 9.80 Å². The molecular formula is C7H9F3N2O3. The molecule has 0 aromatic carbocycles. The van der Waals surface area contributed by atoms with E-state index in [4.69, 9.17) is 5.11 Å². The largest absolute Gasteiger partial charge is 0.480 e. The molecule has 1 rings (SSSR count). The minimum Gasteiger partial charge on any atom is -0.480 e. The number of hydrogen-bond donors (Lipinski definition) is 1. The van der Waals surface area contributed by atoms with Crippen LogP contribution in [0.5, 0.6) is 0 Å². The summed E-state index contributed by atoms with van der Waals surface area (Å²) in [5.74, 6) is -1.24. The topological polar surface area (TPSA) is 60.9 Å². The normalized spacial score (nSPS) is 17.4. The van der Waals surface area contributed by atoms with Gasteiger partial charge >= 0.3 is 18.2 Å². The smallest absolute Gasteiger partial charge is 0.406 e. The van der Waals surface area contributed by atoms with Crippen molar-refractivity contribution in [2.45, 2.75) is 6.18 Å². The number of nitrogens with zero attached hydrogens (tertiary/aromatic N) is 2. The number of carboxylic acid groups (broad SMARTS) is 1. The molecule has 2 amide bonds. The number of aliphatic carboxylic acids is 1. The fraction of sp³-hybridized carbons (Fsp3) is 0.714. The summed E-state index contributed by atoms with van der Waals surface area (Å²) in [6.07, 6.45) is -4.45. The molecule has 0 aliphatic carbocycles. The third kappa shape index (κ3) is 3.30. The maximum Gasteiger partial charge on any atom is 0.406 e. The Hall–Kier alpha value is -1.47. The maximum absolute atomic E-state index is 11.9. The van der Waals surface area contributed by atoms with Gasteiger partial charge in [0.25, 0.3) is 0 Å². The van der Waals surface area contributed by atoms with E-state index in [9.17, 15) is 22.8 Å². The molecule has 1 heterocycles. The van der Waals surface area contributed by atoms with Crippen LogP contribution in [0.3, 0.4) is 0 Å². The number of hydrogen-bond acceptors (Lipinski definition) is 2. The molecule has 0 unspecified atom stereocenters. The predicted octanol–water partition coefficient (Wildman–Crippen LogP) is 0.371. The van der Waals surface area contributed by atoms with Crippen LogP contribution in [-0.4, -0.2) is 59.3 Å². The maximum atomic E-state index is 11.9. The van der Waals surface area contributed by atoms with E-state index in [0.29, 0.717) is 4.90 Å². The van der Waals surface area contributed by atoms with Crippen LogP contribution >= 0.6 is 0 Å². The first-order valence-corrected chi connectivity index (χ1v) is 4.12. The zero-order chi connectivity index (χ0) is 11.6. The van der Waals surface area contributed by atoms with Crippen LogP contribution in [0.4, 0.5) is 18.0 Å². The monoisotopic (exact) mass is 226 g/mol. The van der Waals surface area contributed by atoms with Gasteiger partial charge in [-0.2, -0.15) is 13.2 Å². The lowest BCUT2D eigenvalue weighted by atomic mass is 10.5.